The highest BCUT2D eigenvalue weighted by atomic mass is 16.5. The third-order valence-electron chi connectivity index (χ3n) is 5.66. The van der Waals surface area contributed by atoms with Gasteiger partial charge >= 0.3 is 0 Å². The molecular formula is C29H35N3O3. The number of pyridine rings is 1. The molecule has 0 spiro atoms. The molecule has 0 saturated heterocycles. The first-order valence-electron chi connectivity index (χ1n) is 12.0. The molecule has 0 aliphatic heterocycles. The van der Waals surface area contributed by atoms with Crippen LogP contribution in [0.15, 0.2) is 73.1 Å². The minimum absolute atomic E-state index is 0.0445. The molecule has 2 aromatic carbocycles. The van der Waals surface area contributed by atoms with Gasteiger partial charge in [0.25, 0.3) is 0 Å². The van der Waals surface area contributed by atoms with Gasteiger partial charge in [-0.05, 0) is 78.9 Å². The van der Waals surface area contributed by atoms with Crippen LogP contribution in [0.25, 0.3) is 17.2 Å². The molecule has 35 heavy (non-hydrogen) atoms. The van der Waals surface area contributed by atoms with Crippen LogP contribution >= 0.6 is 0 Å². The normalized spacial score (nSPS) is 10.9. The SMILES string of the molecule is COc1ccc(CCCNCCCNC(=O)C/C=C/c2ccc(-c3ccncc3)cc2)cc1OC. The molecule has 1 aromatic heterocycles. The van der Waals surface area contributed by atoms with Crippen molar-refractivity contribution in [2.24, 2.45) is 0 Å². The highest BCUT2D eigenvalue weighted by molar-refractivity contribution is 5.78. The van der Waals surface area contributed by atoms with Crippen molar-refractivity contribution in [3.63, 3.8) is 0 Å². The zero-order valence-electron chi connectivity index (χ0n) is 20.6. The summed E-state index contributed by atoms with van der Waals surface area (Å²) < 4.78 is 10.6. The number of carbonyl (C=O) groups is 1. The van der Waals surface area contributed by atoms with Gasteiger partial charge in [-0.25, -0.2) is 0 Å². The number of hydrogen-bond donors (Lipinski definition) is 2. The minimum Gasteiger partial charge on any atom is -0.493 e. The van der Waals surface area contributed by atoms with Crippen LogP contribution in [0.5, 0.6) is 11.5 Å². The van der Waals surface area contributed by atoms with Gasteiger partial charge in [0.1, 0.15) is 0 Å². The first kappa shape index (κ1) is 26.0. The second-order valence-corrected chi connectivity index (χ2v) is 8.21. The van der Waals surface area contributed by atoms with E-state index in [4.69, 9.17) is 9.47 Å². The molecule has 2 N–H and O–H groups in total. The number of nitrogens with one attached hydrogen (secondary N) is 2. The topological polar surface area (TPSA) is 72.5 Å². The van der Waals surface area contributed by atoms with Crippen LogP contribution in [0.2, 0.25) is 0 Å². The quantitative estimate of drug-likeness (QED) is 0.326. The smallest absolute Gasteiger partial charge is 0.223 e. The maximum Gasteiger partial charge on any atom is 0.223 e. The lowest BCUT2D eigenvalue weighted by atomic mass is 10.0. The van der Waals surface area contributed by atoms with E-state index in [1.54, 1.807) is 26.6 Å². The zero-order valence-corrected chi connectivity index (χ0v) is 20.6. The molecule has 3 rings (SSSR count). The average Bonchev–Trinajstić information content (AvgIpc) is 2.91. The number of amides is 1. The molecule has 0 bridgehead atoms. The summed E-state index contributed by atoms with van der Waals surface area (Å²) in [5.74, 6) is 1.56. The van der Waals surface area contributed by atoms with Gasteiger partial charge in [0, 0.05) is 25.4 Å². The van der Waals surface area contributed by atoms with Crippen LogP contribution in [0.3, 0.4) is 0 Å². The molecular weight excluding hydrogens is 438 g/mol. The lowest BCUT2D eigenvalue weighted by Crippen LogP contribution is -2.27. The largest absolute Gasteiger partial charge is 0.493 e. The van der Waals surface area contributed by atoms with Crippen LogP contribution in [0, 0.1) is 0 Å². The monoisotopic (exact) mass is 473 g/mol. The molecule has 0 unspecified atom stereocenters. The van der Waals surface area contributed by atoms with Crippen molar-refractivity contribution in [1.29, 1.82) is 0 Å². The lowest BCUT2D eigenvalue weighted by Gasteiger charge is -2.10. The fourth-order valence-corrected chi connectivity index (χ4v) is 3.73. The van der Waals surface area contributed by atoms with E-state index in [0.29, 0.717) is 13.0 Å². The summed E-state index contributed by atoms with van der Waals surface area (Å²) in [6, 6.07) is 18.3. The molecule has 1 amide bonds. The van der Waals surface area contributed by atoms with Gasteiger partial charge in [-0.3, -0.25) is 9.78 Å². The lowest BCUT2D eigenvalue weighted by molar-refractivity contribution is -0.120. The highest BCUT2D eigenvalue weighted by Crippen LogP contribution is 2.27. The van der Waals surface area contributed by atoms with Crippen LogP contribution in [0.4, 0.5) is 0 Å². The standard InChI is InChI=1S/C29H35N3O3/c1-34-27-14-11-24(22-28(27)35-2)7-4-17-30-18-5-19-32-29(33)8-3-6-23-9-12-25(13-10-23)26-15-20-31-21-16-26/h3,6,9-16,20-22,30H,4-5,7-8,17-19H2,1-2H3,(H,32,33)/b6-3+. The predicted molar refractivity (Wildman–Crippen MR) is 142 cm³/mol. The van der Waals surface area contributed by atoms with Gasteiger partial charge in [-0.2, -0.15) is 0 Å². The van der Waals surface area contributed by atoms with Crippen molar-refractivity contribution in [2.75, 3.05) is 33.9 Å². The van der Waals surface area contributed by atoms with Crippen LogP contribution in [0.1, 0.15) is 30.4 Å². The molecule has 0 aliphatic rings. The summed E-state index contributed by atoms with van der Waals surface area (Å²) in [4.78, 5) is 16.1. The Morgan fingerprint density at radius 2 is 1.57 bits per heavy atom. The number of rotatable bonds is 14. The maximum absolute atomic E-state index is 12.1. The molecule has 0 atom stereocenters. The number of aromatic nitrogens is 1. The Morgan fingerprint density at radius 1 is 0.857 bits per heavy atom. The summed E-state index contributed by atoms with van der Waals surface area (Å²) in [6.07, 6.45) is 10.8. The highest BCUT2D eigenvalue weighted by Gasteiger charge is 2.04. The van der Waals surface area contributed by atoms with Crippen LogP contribution < -0.4 is 20.1 Å². The van der Waals surface area contributed by atoms with Gasteiger partial charge in [0.15, 0.2) is 11.5 Å². The molecule has 0 radical (unpaired) electrons. The van der Waals surface area contributed by atoms with E-state index < -0.39 is 0 Å². The Bertz CT molecular complexity index is 1070. The van der Waals surface area contributed by atoms with E-state index in [9.17, 15) is 4.79 Å². The molecule has 0 fully saturated rings. The average molecular weight is 474 g/mol. The molecule has 0 saturated carbocycles. The minimum atomic E-state index is 0.0445. The third-order valence-corrected chi connectivity index (χ3v) is 5.66. The van der Waals surface area contributed by atoms with Crippen LogP contribution in [-0.2, 0) is 11.2 Å². The predicted octanol–water partition coefficient (Wildman–Crippen LogP) is 4.90. The number of benzene rings is 2. The van der Waals surface area contributed by atoms with E-state index in [2.05, 4.69) is 45.9 Å². The Balaban J connectivity index is 1.24. The second-order valence-electron chi connectivity index (χ2n) is 8.21. The van der Waals surface area contributed by atoms with Gasteiger partial charge in [0.2, 0.25) is 5.91 Å². The van der Waals surface area contributed by atoms with Gasteiger partial charge < -0.3 is 20.1 Å². The van der Waals surface area contributed by atoms with Crippen molar-refractivity contribution in [3.8, 4) is 22.6 Å². The first-order chi connectivity index (χ1) is 17.2. The molecule has 6 heteroatoms. The molecule has 6 nitrogen and oxygen atoms in total. The summed E-state index contributed by atoms with van der Waals surface area (Å²) in [5, 5.41) is 6.41. The van der Waals surface area contributed by atoms with Crippen LogP contribution in [-0.4, -0.2) is 44.7 Å². The van der Waals surface area contributed by atoms with Gasteiger partial charge in [0.05, 0.1) is 14.2 Å². The number of aryl methyl sites for hydroxylation is 1. The second kappa shape index (κ2) is 14.6. The maximum atomic E-state index is 12.1. The van der Waals surface area contributed by atoms with Crippen molar-refractivity contribution >= 4 is 12.0 Å². The Hall–Kier alpha value is -3.64. The summed E-state index contributed by atoms with van der Waals surface area (Å²) in [6.45, 7) is 2.49. The van der Waals surface area contributed by atoms with E-state index >= 15 is 0 Å². The molecule has 1 heterocycles. The Kier molecular flexibility index (Phi) is 10.8. The number of hydrogen-bond acceptors (Lipinski definition) is 5. The number of nitrogens with zero attached hydrogens (tertiary/aromatic N) is 1. The number of methoxy groups -OCH3 is 2. The molecule has 184 valence electrons. The Labute approximate surface area is 208 Å². The van der Waals surface area contributed by atoms with Gasteiger partial charge in [-0.1, -0.05) is 42.5 Å². The van der Waals surface area contributed by atoms with Crippen molar-refractivity contribution in [3.05, 3.63) is 84.2 Å². The number of carbonyl (C=O) groups excluding carboxylic acids is 1. The number of ether oxygens (including phenoxy) is 2. The van der Waals surface area contributed by atoms with Gasteiger partial charge in [-0.15, -0.1) is 0 Å². The summed E-state index contributed by atoms with van der Waals surface area (Å²) in [7, 11) is 3.30. The molecule has 3 aromatic rings. The van der Waals surface area contributed by atoms with E-state index in [1.807, 2.05) is 36.4 Å². The molecule has 0 aliphatic carbocycles. The van der Waals surface area contributed by atoms with E-state index in [0.717, 1.165) is 60.5 Å². The zero-order chi connectivity index (χ0) is 24.7. The van der Waals surface area contributed by atoms with Crippen molar-refractivity contribution in [2.45, 2.75) is 25.7 Å². The third kappa shape index (κ3) is 8.91. The summed E-state index contributed by atoms with van der Waals surface area (Å²) in [5.41, 5.74) is 4.60. The fraction of sp³-hybridized carbons (Fsp3) is 0.310. The Morgan fingerprint density at radius 3 is 2.31 bits per heavy atom. The van der Waals surface area contributed by atoms with Crippen molar-refractivity contribution < 1.29 is 14.3 Å². The van der Waals surface area contributed by atoms with Crippen molar-refractivity contribution in [1.82, 2.24) is 15.6 Å². The summed E-state index contributed by atoms with van der Waals surface area (Å²) >= 11 is 0. The fourth-order valence-electron chi connectivity index (χ4n) is 3.73. The van der Waals surface area contributed by atoms with E-state index in [1.165, 1.54) is 5.56 Å². The van der Waals surface area contributed by atoms with E-state index in [-0.39, 0.29) is 5.91 Å². The first-order valence-corrected chi connectivity index (χ1v) is 12.0.